The van der Waals surface area contributed by atoms with E-state index in [1.807, 2.05) is 72.3 Å². The molecule has 0 radical (unpaired) electrons. The highest BCUT2D eigenvalue weighted by Gasteiger charge is 2.12. The van der Waals surface area contributed by atoms with Crippen molar-refractivity contribution in [1.29, 1.82) is 0 Å². The number of fused-ring (bicyclic) bond motifs is 1. The molecular weight excluding hydrogens is 566 g/mol. The number of rotatable bonds is 13. The number of anilines is 1. The van der Waals surface area contributed by atoms with E-state index in [9.17, 15) is 14.7 Å². The number of aromatic amines is 1. The largest absolute Gasteiger partial charge is 0.494 e. The molecule has 4 N–H and O–H groups in total. The summed E-state index contributed by atoms with van der Waals surface area (Å²) in [7, 11) is 1.93. The van der Waals surface area contributed by atoms with Crippen molar-refractivity contribution in [2.24, 2.45) is 7.05 Å². The van der Waals surface area contributed by atoms with Gasteiger partial charge in [-0.25, -0.2) is 9.78 Å². The molecule has 3 aromatic carbocycles. The van der Waals surface area contributed by atoms with Gasteiger partial charge in [0.25, 0.3) is 0 Å². The number of aromatic hydroxyl groups is 1. The average molecular weight is 602 g/mol. The number of thiazole rings is 1. The van der Waals surface area contributed by atoms with Gasteiger partial charge < -0.3 is 29.8 Å². The molecule has 0 spiro atoms. The highest BCUT2D eigenvalue weighted by molar-refractivity contribution is 7.09. The molecule has 0 aliphatic heterocycles. The zero-order valence-corrected chi connectivity index (χ0v) is 25.0. The van der Waals surface area contributed by atoms with E-state index in [4.69, 9.17) is 14.5 Å². The Balaban J connectivity index is 1.17. The molecule has 10 nitrogen and oxygen atoms in total. The second-order valence-corrected chi connectivity index (χ2v) is 11.3. The van der Waals surface area contributed by atoms with Crippen LogP contribution in [-0.2, 0) is 20.1 Å². The highest BCUT2D eigenvalue weighted by atomic mass is 32.1. The molecule has 2 aromatic heterocycles. The van der Waals surface area contributed by atoms with Gasteiger partial charge in [-0.3, -0.25) is 9.78 Å². The molecule has 5 aromatic rings. The Kier molecular flexibility index (Phi) is 9.63. The van der Waals surface area contributed by atoms with Crippen LogP contribution in [0.3, 0.4) is 0 Å². The third-order valence-electron chi connectivity index (χ3n) is 6.94. The first-order chi connectivity index (χ1) is 20.9. The number of H-pyrrole nitrogens is 1. The van der Waals surface area contributed by atoms with E-state index in [2.05, 4.69) is 22.5 Å². The average Bonchev–Trinajstić information content (AvgIpc) is 3.48. The third kappa shape index (κ3) is 7.95. The van der Waals surface area contributed by atoms with Crippen LogP contribution in [0.15, 0.2) is 71.5 Å². The SMILES string of the molecule is CCCCCCNC(=O)Nc1cccc(Oc2ccc3nc(COc4ccc(Cc5sc(=O)[nH]c5O)cc4)n(C)c3c2)c1. The fourth-order valence-corrected chi connectivity index (χ4v) is 5.38. The number of benzene rings is 3. The van der Waals surface area contributed by atoms with Crippen molar-refractivity contribution in [1.82, 2.24) is 19.9 Å². The Hall–Kier alpha value is -4.77. The van der Waals surface area contributed by atoms with Gasteiger partial charge in [0.05, 0.1) is 15.9 Å². The zero-order valence-electron chi connectivity index (χ0n) is 24.2. The third-order valence-corrected chi connectivity index (χ3v) is 7.82. The smallest absolute Gasteiger partial charge is 0.319 e. The van der Waals surface area contributed by atoms with Gasteiger partial charge in [-0.15, -0.1) is 0 Å². The molecule has 0 saturated heterocycles. The molecule has 224 valence electrons. The van der Waals surface area contributed by atoms with Gasteiger partial charge in [-0.2, -0.15) is 0 Å². The van der Waals surface area contributed by atoms with Crippen LogP contribution in [0, 0.1) is 0 Å². The zero-order chi connectivity index (χ0) is 30.2. The van der Waals surface area contributed by atoms with Crippen LogP contribution >= 0.6 is 11.3 Å². The molecule has 0 unspecified atom stereocenters. The summed E-state index contributed by atoms with van der Waals surface area (Å²) in [6, 6.07) is 20.3. The quantitative estimate of drug-likeness (QED) is 0.111. The maximum Gasteiger partial charge on any atom is 0.319 e. The number of unbranched alkanes of at least 4 members (excludes halogenated alkanes) is 3. The Morgan fingerprint density at radius 1 is 1.02 bits per heavy atom. The summed E-state index contributed by atoms with van der Waals surface area (Å²) in [5.41, 5.74) is 3.32. The molecular formula is C32H35N5O5S. The number of urea groups is 1. The molecule has 0 saturated carbocycles. The number of carbonyl (C=O) groups is 1. The topological polar surface area (TPSA) is 130 Å². The summed E-state index contributed by atoms with van der Waals surface area (Å²) in [5, 5.41) is 15.6. The van der Waals surface area contributed by atoms with Crippen molar-refractivity contribution < 1.29 is 19.4 Å². The summed E-state index contributed by atoms with van der Waals surface area (Å²) < 4.78 is 14.1. The van der Waals surface area contributed by atoms with Gasteiger partial charge in [0.1, 0.15) is 29.7 Å². The normalized spacial score (nSPS) is 11.0. The monoisotopic (exact) mass is 601 g/mol. The number of imidazole rings is 1. The number of amides is 2. The van der Waals surface area contributed by atoms with Crippen LogP contribution in [0.2, 0.25) is 0 Å². The Morgan fingerprint density at radius 3 is 2.58 bits per heavy atom. The summed E-state index contributed by atoms with van der Waals surface area (Å²) in [6.45, 7) is 3.09. The van der Waals surface area contributed by atoms with Crippen LogP contribution in [0.25, 0.3) is 11.0 Å². The van der Waals surface area contributed by atoms with Crippen LogP contribution in [-0.4, -0.2) is 32.2 Å². The molecule has 0 bridgehead atoms. The van der Waals surface area contributed by atoms with Gasteiger partial charge in [0, 0.05) is 37.8 Å². The number of aromatic nitrogens is 3. The Morgan fingerprint density at radius 2 is 1.81 bits per heavy atom. The molecule has 0 aliphatic rings. The molecule has 5 rings (SSSR count). The van der Waals surface area contributed by atoms with Crippen LogP contribution in [0.1, 0.15) is 48.9 Å². The maximum atomic E-state index is 12.2. The minimum absolute atomic E-state index is 0.0795. The summed E-state index contributed by atoms with van der Waals surface area (Å²) in [4.78, 5) is 31.1. The van der Waals surface area contributed by atoms with Crippen molar-refractivity contribution in [3.63, 3.8) is 0 Å². The molecule has 2 amide bonds. The molecule has 0 atom stereocenters. The van der Waals surface area contributed by atoms with E-state index < -0.39 is 0 Å². The van der Waals surface area contributed by atoms with Gasteiger partial charge in [0.15, 0.2) is 0 Å². The molecule has 11 heteroatoms. The number of ether oxygens (including phenoxy) is 2. The van der Waals surface area contributed by atoms with E-state index >= 15 is 0 Å². The first-order valence-corrected chi connectivity index (χ1v) is 15.1. The van der Waals surface area contributed by atoms with Gasteiger partial charge in [-0.1, -0.05) is 55.7 Å². The number of carbonyl (C=O) groups excluding carboxylic acids is 1. The fourth-order valence-electron chi connectivity index (χ4n) is 4.62. The fraction of sp³-hybridized carbons (Fsp3) is 0.281. The molecule has 2 heterocycles. The predicted molar refractivity (Wildman–Crippen MR) is 169 cm³/mol. The number of aryl methyl sites for hydroxylation is 1. The van der Waals surface area contributed by atoms with Crippen molar-refractivity contribution in [3.05, 3.63) is 92.7 Å². The number of hydrogen-bond acceptors (Lipinski definition) is 7. The number of hydrogen-bond donors (Lipinski definition) is 4. The first kappa shape index (κ1) is 29.7. The van der Waals surface area contributed by atoms with Gasteiger partial charge in [0.2, 0.25) is 5.88 Å². The minimum atomic E-state index is -0.273. The van der Waals surface area contributed by atoms with Gasteiger partial charge in [-0.05, 0) is 48.4 Å². The lowest BCUT2D eigenvalue weighted by molar-refractivity contribution is 0.252. The van der Waals surface area contributed by atoms with E-state index in [1.54, 1.807) is 6.07 Å². The number of nitrogens with one attached hydrogen (secondary N) is 3. The maximum absolute atomic E-state index is 12.2. The van der Waals surface area contributed by atoms with Crippen LogP contribution in [0.5, 0.6) is 23.1 Å². The van der Waals surface area contributed by atoms with Crippen LogP contribution < -0.4 is 25.0 Å². The standard InChI is InChI=1S/C32H35N5O5S/c1-3-4-5-6-16-33-31(39)34-22-8-7-9-24(18-22)42-25-14-15-26-27(19-25)37(2)29(35-26)20-41-23-12-10-21(11-13-23)17-28-30(38)36-32(40)43-28/h7-15,18-19,38H,3-6,16-17,20H2,1-2H3,(H,36,40)(H2,33,34,39). The molecule has 0 aliphatic carbocycles. The van der Waals surface area contributed by atoms with Crippen molar-refractivity contribution in [2.75, 3.05) is 11.9 Å². The summed E-state index contributed by atoms with van der Waals surface area (Å²) in [5.74, 6) is 2.61. The Bertz CT molecular complexity index is 1740. The highest BCUT2D eigenvalue weighted by Crippen LogP contribution is 2.28. The second-order valence-electron chi connectivity index (χ2n) is 10.2. The van der Waals surface area contributed by atoms with Crippen molar-refractivity contribution >= 4 is 34.1 Å². The van der Waals surface area contributed by atoms with E-state index in [0.717, 1.165) is 53.0 Å². The Labute approximate surface area is 253 Å². The number of nitrogens with zero attached hydrogens (tertiary/aromatic N) is 2. The van der Waals surface area contributed by atoms with E-state index in [1.165, 1.54) is 6.42 Å². The lowest BCUT2D eigenvalue weighted by Crippen LogP contribution is -2.29. The predicted octanol–water partition coefficient (Wildman–Crippen LogP) is 6.69. The summed E-state index contributed by atoms with van der Waals surface area (Å²) >= 11 is 1.00. The van der Waals surface area contributed by atoms with Crippen LogP contribution in [0.4, 0.5) is 10.5 Å². The molecule has 43 heavy (non-hydrogen) atoms. The van der Waals surface area contributed by atoms with E-state index in [0.29, 0.717) is 40.8 Å². The van der Waals surface area contributed by atoms with Crippen molar-refractivity contribution in [3.8, 4) is 23.1 Å². The summed E-state index contributed by atoms with van der Waals surface area (Å²) in [6.07, 6.45) is 4.87. The second kappa shape index (κ2) is 13.9. The minimum Gasteiger partial charge on any atom is -0.494 e. The van der Waals surface area contributed by atoms with Crippen molar-refractivity contribution in [2.45, 2.75) is 45.6 Å². The van der Waals surface area contributed by atoms with Gasteiger partial charge >= 0.3 is 10.9 Å². The lowest BCUT2D eigenvalue weighted by atomic mass is 10.1. The lowest BCUT2D eigenvalue weighted by Gasteiger charge is -2.10. The molecule has 0 fully saturated rings. The first-order valence-electron chi connectivity index (χ1n) is 14.3. The van der Waals surface area contributed by atoms with E-state index in [-0.39, 0.29) is 23.4 Å².